The minimum absolute atomic E-state index is 0.102. The fraction of sp³-hybridized carbons (Fsp3) is 0.318. The third-order valence-electron chi connectivity index (χ3n) is 4.12. The van der Waals surface area contributed by atoms with E-state index in [1.54, 1.807) is 42.5 Å². The van der Waals surface area contributed by atoms with Gasteiger partial charge in [-0.15, -0.1) is 0 Å². The number of methoxy groups -OCH3 is 2. The van der Waals surface area contributed by atoms with Crippen LogP contribution in [0.5, 0.6) is 17.2 Å². The summed E-state index contributed by atoms with van der Waals surface area (Å²) >= 11 is 0. The molecule has 2 aromatic rings. The number of nitrogens with one attached hydrogen (secondary N) is 1. The zero-order valence-electron chi connectivity index (χ0n) is 16.9. The Morgan fingerprint density at radius 3 is 2.38 bits per heavy atom. The van der Waals surface area contributed by atoms with Crippen LogP contribution in [0.1, 0.15) is 48.5 Å². The number of rotatable bonds is 10. The van der Waals surface area contributed by atoms with Gasteiger partial charge in [-0.1, -0.05) is 19.8 Å². The Morgan fingerprint density at radius 2 is 1.72 bits per heavy atom. The molecule has 0 unspecified atom stereocenters. The van der Waals surface area contributed by atoms with Gasteiger partial charge in [0.25, 0.3) is 0 Å². The second-order valence-corrected chi connectivity index (χ2v) is 6.28. The molecule has 0 saturated carbocycles. The number of carbonyl (C=O) groups is 2. The molecule has 154 valence electrons. The van der Waals surface area contributed by atoms with Crippen LogP contribution in [0.3, 0.4) is 0 Å². The van der Waals surface area contributed by atoms with Gasteiger partial charge in [0, 0.05) is 6.42 Å². The average molecular weight is 398 g/mol. The molecule has 1 N–H and O–H groups in total. The van der Waals surface area contributed by atoms with Gasteiger partial charge in [-0.25, -0.2) is 10.2 Å². The van der Waals surface area contributed by atoms with Crippen molar-refractivity contribution in [2.75, 3.05) is 14.2 Å². The third-order valence-corrected chi connectivity index (χ3v) is 4.12. The quantitative estimate of drug-likeness (QED) is 0.215. The number of hydrogen-bond donors (Lipinski definition) is 1. The monoisotopic (exact) mass is 398 g/mol. The molecule has 0 saturated heterocycles. The maximum atomic E-state index is 12.3. The predicted molar refractivity (Wildman–Crippen MR) is 111 cm³/mol. The molecule has 0 heterocycles. The molecule has 1 amide bonds. The van der Waals surface area contributed by atoms with Crippen LogP contribution in [0.4, 0.5) is 0 Å². The molecule has 0 aliphatic rings. The van der Waals surface area contributed by atoms with E-state index in [9.17, 15) is 9.59 Å². The first-order valence-corrected chi connectivity index (χ1v) is 9.43. The van der Waals surface area contributed by atoms with Crippen LogP contribution in [0.2, 0.25) is 0 Å². The standard InChI is InChI=1S/C22H26N2O5/c1-4-5-6-7-21(25)24-23-15-16-8-11-18(12-9-16)29-22(26)17-10-13-19(27-2)20(14-17)28-3/h8-15H,4-7H2,1-3H3,(H,24,25)/b23-15+. The summed E-state index contributed by atoms with van der Waals surface area (Å²) in [5.74, 6) is 0.766. The molecule has 0 aliphatic carbocycles. The van der Waals surface area contributed by atoms with Crippen molar-refractivity contribution in [2.45, 2.75) is 32.6 Å². The first kappa shape index (κ1) is 21.9. The second kappa shape index (κ2) is 11.5. The van der Waals surface area contributed by atoms with Gasteiger partial charge < -0.3 is 14.2 Å². The highest BCUT2D eigenvalue weighted by atomic mass is 16.5. The molecule has 0 bridgehead atoms. The van der Waals surface area contributed by atoms with Crippen molar-refractivity contribution < 1.29 is 23.8 Å². The SMILES string of the molecule is CCCCCC(=O)N/N=C/c1ccc(OC(=O)c2ccc(OC)c(OC)c2)cc1. The molecule has 29 heavy (non-hydrogen) atoms. The lowest BCUT2D eigenvalue weighted by molar-refractivity contribution is -0.121. The van der Waals surface area contributed by atoms with Crippen molar-refractivity contribution in [3.63, 3.8) is 0 Å². The Kier molecular flexibility index (Phi) is 8.69. The number of benzene rings is 2. The van der Waals surface area contributed by atoms with E-state index in [0.717, 1.165) is 24.8 Å². The van der Waals surface area contributed by atoms with Crippen LogP contribution < -0.4 is 19.6 Å². The maximum absolute atomic E-state index is 12.3. The number of esters is 1. The fourth-order valence-corrected chi connectivity index (χ4v) is 2.52. The molecule has 7 heteroatoms. The van der Waals surface area contributed by atoms with Crippen molar-refractivity contribution >= 4 is 18.1 Å². The van der Waals surface area contributed by atoms with Crippen LogP contribution in [0.15, 0.2) is 47.6 Å². The third kappa shape index (κ3) is 6.95. The van der Waals surface area contributed by atoms with Gasteiger partial charge in [0.15, 0.2) is 11.5 Å². The van der Waals surface area contributed by atoms with E-state index >= 15 is 0 Å². The molecule has 2 aromatic carbocycles. The van der Waals surface area contributed by atoms with Gasteiger partial charge >= 0.3 is 5.97 Å². The lowest BCUT2D eigenvalue weighted by Crippen LogP contribution is -2.16. The van der Waals surface area contributed by atoms with Gasteiger partial charge in [0.1, 0.15) is 5.75 Å². The van der Waals surface area contributed by atoms with Crippen LogP contribution >= 0.6 is 0 Å². The van der Waals surface area contributed by atoms with E-state index in [4.69, 9.17) is 14.2 Å². The van der Waals surface area contributed by atoms with Gasteiger partial charge in [0.2, 0.25) is 5.91 Å². The smallest absolute Gasteiger partial charge is 0.343 e. The summed E-state index contributed by atoms with van der Waals surface area (Å²) in [6.07, 6.45) is 4.96. The van der Waals surface area contributed by atoms with Crippen molar-refractivity contribution in [1.82, 2.24) is 5.43 Å². The van der Waals surface area contributed by atoms with Crippen molar-refractivity contribution in [3.8, 4) is 17.2 Å². The Labute approximate surface area is 170 Å². The molecule has 0 aliphatic heterocycles. The van der Waals surface area contributed by atoms with Crippen LogP contribution in [0.25, 0.3) is 0 Å². The fourth-order valence-electron chi connectivity index (χ4n) is 2.52. The molecule has 7 nitrogen and oxygen atoms in total. The summed E-state index contributed by atoms with van der Waals surface area (Å²) in [5, 5.41) is 3.94. The average Bonchev–Trinajstić information content (AvgIpc) is 2.74. The molecule has 0 spiro atoms. The zero-order valence-corrected chi connectivity index (χ0v) is 16.9. The summed E-state index contributed by atoms with van der Waals surface area (Å²) in [6.45, 7) is 2.09. The van der Waals surface area contributed by atoms with Gasteiger partial charge in [-0.05, 0) is 54.4 Å². The lowest BCUT2D eigenvalue weighted by atomic mass is 10.2. The molecular weight excluding hydrogens is 372 g/mol. The molecule has 2 rings (SSSR count). The normalized spacial score (nSPS) is 10.6. The minimum Gasteiger partial charge on any atom is -0.493 e. The molecule has 0 fully saturated rings. The highest BCUT2D eigenvalue weighted by molar-refractivity contribution is 5.92. The van der Waals surface area contributed by atoms with Crippen molar-refractivity contribution in [3.05, 3.63) is 53.6 Å². The van der Waals surface area contributed by atoms with Crippen molar-refractivity contribution in [2.24, 2.45) is 5.10 Å². The van der Waals surface area contributed by atoms with Crippen LogP contribution in [0, 0.1) is 0 Å². The van der Waals surface area contributed by atoms with Gasteiger partial charge in [-0.2, -0.15) is 5.10 Å². The number of amides is 1. The highest BCUT2D eigenvalue weighted by Gasteiger charge is 2.12. The summed E-state index contributed by atoms with van der Waals surface area (Å²) in [7, 11) is 3.03. The largest absolute Gasteiger partial charge is 0.493 e. The summed E-state index contributed by atoms with van der Waals surface area (Å²) in [5.41, 5.74) is 3.62. The highest BCUT2D eigenvalue weighted by Crippen LogP contribution is 2.28. The zero-order chi connectivity index (χ0) is 21.1. The lowest BCUT2D eigenvalue weighted by Gasteiger charge is -2.09. The van der Waals surface area contributed by atoms with E-state index in [0.29, 0.717) is 29.2 Å². The van der Waals surface area contributed by atoms with E-state index < -0.39 is 5.97 Å². The van der Waals surface area contributed by atoms with E-state index in [1.165, 1.54) is 20.4 Å². The number of hydrogen-bond acceptors (Lipinski definition) is 6. The first-order valence-electron chi connectivity index (χ1n) is 9.43. The summed E-state index contributed by atoms with van der Waals surface area (Å²) in [6, 6.07) is 11.6. The first-order chi connectivity index (χ1) is 14.1. The van der Waals surface area contributed by atoms with Crippen molar-refractivity contribution in [1.29, 1.82) is 0 Å². The maximum Gasteiger partial charge on any atom is 0.343 e. The molecular formula is C22H26N2O5. The molecule has 0 radical (unpaired) electrons. The second-order valence-electron chi connectivity index (χ2n) is 6.28. The van der Waals surface area contributed by atoms with E-state index in [2.05, 4.69) is 17.5 Å². The van der Waals surface area contributed by atoms with E-state index in [-0.39, 0.29) is 5.91 Å². The number of hydrazone groups is 1. The topological polar surface area (TPSA) is 86.2 Å². The number of nitrogens with zero attached hydrogens (tertiary/aromatic N) is 1. The summed E-state index contributed by atoms with van der Waals surface area (Å²) in [4.78, 5) is 23.9. The summed E-state index contributed by atoms with van der Waals surface area (Å²) < 4.78 is 15.7. The number of unbranched alkanes of at least 4 members (excludes halogenated alkanes) is 2. The molecule has 0 atom stereocenters. The van der Waals surface area contributed by atoms with Gasteiger partial charge in [0.05, 0.1) is 26.0 Å². The predicted octanol–water partition coefficient (Wildman–Crippen LogP) is 3.95. The minimum atomic E-state index is -0.508. The van der Waals surface area contributed by atoms with Crippen LogP contribution in [-0.4, -0.2) is 32.3 Å². The molecule has 0 aromatic heterocycles. The van der Waals surface area contributed by atoms with Gasteiger partial charge in [-0.3, -0.25) is 4.79 Å². The Morgan fingerprint density at radius 1 is 1.00 bits per heavy atom. The number of carbonyl (C=O) groups excluding carboxylic acids is 2. The Bertz CT molecular complexity index is 847. The Balaban J connectivity index is 1.91. The Hall–Kier alpha value is -3.35. The van der Waals surface area contributed by atoms with Crippen LogP contribution in [-0.2, 0) is 4.79 Å². The van der Waals surface area contributed by atoms with E-state index in [1.807, 2.05) is 0 Å². The number of ether oxygens (including phenoxy) is 3.